The van der Waals surface area contributed by atoms with Crippen molar-refractivity contribution in [3.8, 4) is 0 Å². The van der Waals surface area contributed by atoms with Crippen LogP contribution in [0.25, 0.3) is 0 Å². The van der Waals surface area contributed by atoms with E-state index in [4.69, 9.17) is 4.84 Å². The molecule has 0 saturated heterocycles. The van der Waals surface area contributed by atoms with Crippen molar-refractivity contribution >= 4 is 5.91 Å². The normalized spacial score (nSPS) is 12.3. The van der Waals surface area contributed by atoms with Gasteiger partial charge in [-0.05, 0) is 13.3 Å². The van der Waals surface area contributed by atoms with Crippen molar-refractivity contribution in [2.24, 2.45) is 0 Å². The summed E-state index contributed by atoms with van der Waals surface area (Å²) in [7, 11) is 0. The molecule has 0 saturated carbocycles. The molecular weight excluding hydrogens is 235 g/mol. The Bertz CT molecular complexity index is 400. The van der Waals surface area contributed by atoms with Crippen LogP contribution in [0.5, 0.6) is 0 Å². The first-order chi connectivity index (χ1) is 7.95. The molecular formula is C11H12F3NO2. The van der Waals surface area contributed by atoms with Crippen LogP contribution in [0, 0.1) is 17.5 Å². The van der Waals surface area contributed by atoms with Gasteiger partial charge in [0.15, 0.2) is 0 Å². The molecule has 0 aliphatic heterocycles. The molecule has 1 unspecified atom stereocenters. The van der Waals surface area contributed by atoms with E-state index in [1.807, 2.05) is 12.4 Å². The minimum atomic E-state index is -1.27. The molecule has 1 N–H and O–H groups in total. The molecule has 3 nitrogen and oxygen atoms in total. The van der Waals surface area contributed by atoms with Gasteiger partial charge >= 0.3 is 0 Å². The molecule has 0 fully saturated rings. The van der Waals surface area contributed by atoms with Crippen molar-refractivity contribution < 1.29 is 22.8 Å². The number of carbonyl (C=O) groups excluding carboxylic acids is 1. The van der Waals surface area contributed by atoms with Gasteiger partial charge in [0.05, 0.1) is 6.10 Å². The summed E-state index contributed by atoms with van der Waals surface area (Å²) in [6.45, 7) is 3.49. The highest BCUT2D eigenvalue weighted by Gasteiger charge is 2.19. The Labute approximate surface area is 96.5 Å². The van der Waals surface area contributed by atoms with E-state index in [0.717, 1.165) is 0 Å². The highest BCUT2D eigenvalue weighted by Crippen LogP contribution is 2.14. The number of amides is 1. The van der Waals surface area contributed by atoms with Crippen LogP contribution < -0.4 is 5.48 Å². The fourth-order valence-electron chi connectivity index (χ4n) is 1.05. The third-order valence-corrected chi connectivity index (χ3v) is 2.16. The van der Waals surface area contributed by atoms with E-state index in [-0.39, 0.29) is 6.10 Å². The van der Waals surface area contributed by atoms with Gasteiger partial charge in [-0.1, -0.05) is 6.92 Å². The predicted octanol–water partition coefficient (Wildman–Crippen LogP) is 2.56. The van der Waals surface area contributed by atoms with Crippen LogP contribution in [0.4, 0.5) is 13.2 Å². The largest absolute Gasteiger partial charge is 0.280 e. The van der Waals surface area contributed by atoms with Crippen LogP contribution in [0.15, 0.2) is 12.1 Å². The van der Waals surface area contributed by atoms with Gasteiger partial charge in [-0.15, -0.1) is 0 Å². The first-order valence-corrected chi connectivity index (χ1v) is 5.06. The van der Waals surface area contributed by atoms with Crippen LogP contribution in [0.1, 0.15) is 30.6 Å². The van der Waals surface area contributed by atoms with Crippen LogP contribution in [0.3, 0.4) is 0 Å². The van der Waals surface area contributed by atoms with E-state index in [1.165, 1.54) is 0 Å². The van der Waals surface area contributed by atoms with Gasteiger partial charge in [-0.2, -0.15) is 0 Å². The molecule has 94 valence electrons. The minimum Gasteiger partial charge on any atom is -0.270 e. The summed E-state index contributed by atoms with van der Waals surface area (Å²) in [6, 6.07) is 0.864. The molecule has 1 aromatic carbocycles. The summed E-state index contributed by atoms with van der Waals surface area (Å²) >= 11 is 0. The van der Waals surface area contributed by atoms with Gasteiger partial charge in [-0.25, -0.2) is 18.7 Å². The number of hydrogen-bond acceptors (Lipinski definition) is 2. The Morgan fingerprint density at radius 3 is 2.35 bits per heavy atom. The zero-order valence-corrected chi connectivity index (χ0v) is 9.39. The van der Waals surface area contributed by atoms with Gasteiger partial charge in [0.2, 0.25) is 0 Å². The second-order valence-electron chi connectivity index (χ2n) is 3.51. The Hall–Kier alpha value is -1.56. The molecule has 0 aromatic heterocycles. The number of rotatable bonds is 4. The summed E-state index contributed by atoms with van der Waals surface area (Å²) in [5.41, 5.74) is 1.04. The summed E-state index contributed by atoms with van der Waals surface area (Å²) in [6.07, 6.45) is 0.333. The quantitative estimate of drug-likeness (QED) is 0.830. The predicted molar refractivity (Wildman–Crippen MR) is 54.6 cm³/mol. The lowest BCUT2D eigenvalue weighted by atomic mass is 10.2. The number of hydrogen-bond donors (Lipinski definition) is 1. The average Bonchev–Trinajstić information content (AvgIpc) is 2.24. The molecule has 1 aromatic rings. The Morgan fingerprint density at radius 2 is 1.88 bits per heavy atom. The standard InChI is InChI=1S/C11H12F3NO2/c1-3-6(2)17-15-11(16)10-8(13)4-7(12)5-9(10)14/h4-6H,3H2,1-2H3,(H,15,16). The Morgan fingerprint density at radius 1 is 1.35 bits per heavy atom. The summed E-state index contributed by atoms with van der Waals surface area (Å²) in [4.78, 5) is 16.2. The topological polar surface area (TPSA) is 38.3 Å². The van der Waals surface area contributed by atoms with Crippen molar-refractivity contribution in [3.05, 3.63) is 35.1 Å². The van der Waals surface area contributed by atoms with Crippen LogP contribution in [0.2, 0.25) is 0 Å². The van der Waals surface area contributed by atoms with Crippen molar-refractivity contribution in [1.29, 1.82) is 0 Å². The van der Waals surface area contributed by atoms with E-state index in [9.17, 15) is 18.0 Å². The SMILES string of the molecule is CCC(C)ONC(=O)c1c(F)cc(F)cc1F. The van der Waals surface area contributed by atoms with Crippen LogP contribution in [-0.2, 0) is 4.84 Å². The third kappa shape index (κ3) is 3.45. The smallest absolute Gasteiger partial charge is 0.270 e. The van der Waals surface area contributed by atoms with Crippen molar-refractivity contribution in [1.82, 2.24) is 5.48 Å². The van der Waals surface area contributed by atoms with Gasteiger partial charge in [0.25, 0.3) is 5.91 Å². The Kier molecular flexibility index (Phi) is 4.51. The maximum Gasteiger partial charge on any atom is 0.280 e. The van der Waals surface area contributed by atoms with Crippen molar-refractivity contribution in [2.75, 3.05) is 0 Å². The monoisotopic (exact) mass is 247 g/mol. The number of benzene rings is 1. The minimum absolute atomic E-state index is 0.287. The number of halogens is 3. The lowest BCUT2D eigenvalue weighted by Gasteiger charge is -2.11. The molecule has 6 heteroatoms. The van der Waals surface area contributed by atoms with Gasteiger partial charge in [0, 0.05) is 12.1 Å². The summed E-state index contributed by atoms with van der Waals surface area (Å²) in [5.74, 6) is -4.71. The van der Waals surface area contributed by atoms with Gasteiger partial charge < -0.3 is 0 Å². The van der Waals surface area contributed by atoms with Crippen LogP contribution >= 0.6 is 0 Å². The second-order valence-corrected chi connectivity index (χ2v) is 3.51. The van der Waals surface area contributed by atoms with E-state index < -0.39 is 28.9 Å². The zero-order chi connectivity index (χ0) is 13.0. The van der Waals surface area contributed by atoms with E-state index in [2.05, 4.69) is 0 Å². The van der Waals surface area contributed by atoms with E-state index >= 15 is 0 Å². The van der Waals surface area contributed by atoms with Gasteiger partial charge in [0.1, 0.15) is 23.0 Å². The second kappa shape index (κ2) is 5.67. The number of nitrogens with one attached hydrogen (secondary N) is 1. The molecule has 0 aliphatic carbocycles. The number of hydroxylamine groups is 1. The van der Waals surface area contributed by atoms with Gasteiger partial charge in [-0.3, -0.25) is 9.63 Å². The lowest BCUT2D eigenvalue weighted by molar-refractivity contribution is -0.00946. The lowest BCUT2D eigenvalue weighted by Crippen LogP contribution is -2.29. The maximum atomic E-state index is 13.2. The number of carbonyl (C=O) groups is 1. The summed E-state index contributed by atoms with van der Waals surface area (Å²) < 4.78 is 38.9. The molecule has 1 amide bonds. The first kappa shape index (κ1) is 13.5. The fraction of sp³-hybridized carbons (Fsp3) is 0.364. The zero-order valence-electron chi connectivity index (χ0n) is 9.39. The van der Waals surface area contributed by atoms with E-state index in [1.54, 1.807) is 6.92 Å². The highest BCUT2D eigenvalue weighted by molar-refractivity contribution is 5.94. The average molecular weight is 247 g/mol. The maximum absolute atomic E-state index is 13.2. The third-order valence-electron chi connectivity index (χ3n) is 2.16. The molecule has 0 aliphatic rings. The molecule has 0 radical (unpaired) electrons. The highest BCUT2D eigenvalue weighted by atomic mass is 19.1. The Balaban J connectivity index is 2.82. The molecule has 0 heterocycles. The van der Waals surface area contributed by atoms with Crippen molar-refractivity contribution in [2.45, 2.75) is 26.4 Å². The molecule has 1 atom stereocenters. The first-order valence-electron chi connectivity index (χ1n) is 5.06. The fourth-order valence-corrected chi connectivity index (χ4v) is 1.05. The molecule has 0 bridgehead atoms. The van der Waals surface area contributed by atoms with Crippen LogP contribution in [-0.4, -0.2) is 12.0 Å². The molecule has 17 heavy (non-hydrogen) atoms. The van der Waals surface area contributed by atoms with E-state index in [0.29, 0.717) is 18.6 Å². The molecule has 1 rings (SSSR count). The summed E-state index contributed by atoms with van der Waals surface area (Å²) in [5, 5.41) is 0. The molecule has 0 spiro atoms. The van der Waals surface area contributed by atoms with Crippen molar-refractivity contribution in [3.63, 3.8) is 0 Å².